The van der Waals surface area contributed by atoms with E-state index < -0.39 is 15.8 Å². The lowest BCUT2D eigenvalue weighted by Crippen LogP contribution is -2.38. The predicted octanol–water partition coefficient (Wildman–Crippen LogP) is 4.09. The highest BCUT2D eigenvalue weighted by atomic mass is 32.2. The maximum absolute atomic E-state index is 13.4. The summed E-state index contributed by atoms with van der Waals surface area (Å²) < 4.78 is 41.5. The highest BCUT2D eigenvalue weighted by Gasteiger charge is 2.24. The second-order valence-electron chi connectivity index (χ2n) is 6.79. The average Bonchev–Trinajstić information content (AvgIpc) is 3.00. The fourth-order valence-electron chi connectivity index (χ4n) is 3.39. The maximum Gasteiger partial charge on any atom is 0.240 e. The van der Waals surface area contributed by atoms with E-state index in [-0.39, 0.29) is 10.9 Å². The van der Waals surface area contributed by atoms with Crippen molar-refractivity contribution in [1.82, 2.24) is 9.62 Å². The lowest BCUT2D eigenvalue weighted by molar-refractivity contribution is 0.206. The van der Waals surface area contributed by atoms with Crippen molar-refractivity contribution in [2.75, 3.05) is 19.6 Å². The molecule has 0 unspecified atom stereocenters. The van der Waals surface area contributed by atoms with Crippen molar-refractivity contribution in [1.29, 1.82) is 0 Å². The lowest BCUT2D eigenvalue weighted by Gasteiger charge is -2.30. The third-order valence-electron chi connectivity index (χ3n) is 4.92. The molecule has 1 aliphatic heterocycles. The molecule has 142 valence electrons. The quantitative estimate of drug-likeness (QED) is 0.800. The molecule has 1 N–H and O–H groups in total. The molecule has 0 amide bonds. The third kappa shape index (κ3) is 4.71. The minimum Gasteiger partial charge on any atom is -0.295 e. The van der Waals surface area contributed by atoms with Gasteiger partial charge in [-0.15, -0.1) is 0 Å². The van der Waals surface area contributed by atoms with E-state index in [0.717, 1.165) is 31.5 Å². The van der Waals surface area contributed by atoms with Gasteiger partial charge in [0.25, 0.3) is 0 Å². The number of halogens is 1. The van der Waals surface area contributed by atoms with Crippen LogP contribution in [0.3, 0.4) is 0 Å². The van der Waals surface area contributed by atoms with Crippen LogP contribution < -0.4 is 4.72 Å². The van der Waals surface area contributed by atoms with Crippen LogP contribution in [-0.4, -0.2) is 33.0 Å². The largest absolute Gasteiger partial charge is 0.295 e. The van der Waals surface area contributed by atoms with Gasteiger partial charge in [-0.05, 0) is 79.0 Å². The van der Waals surface area contributed by atoms with E-state index in [1.54, 1.807) is 18.3 Å². The summed E-state index contributed by atoms with van der Waals surface area (Å²) in [6.07, 6.45) is 4.75. The second kappa shape index (κ2) is 8.61. The number of benzene rings is 1. The topological polar surface area (TPSA) is 49.4 Å². The van der Waals surface area contributed by atoms with Crippen LogP contribution in [-0.2, 0) is 10.0 Å². The molecule has 3 rings (SSSR count). The molecular formula is C19H25FN2O2S2. The number of hydrogen-bond acceptors (Lipinski definition) is 4. The highest BCUT2D eigenvalue weighted by Crippen LogP contribution is 2.26. The Morgan fingerprint density at radius 1 is 1.19 bits per heavy atom. The number of thiophene rings is 1. The Morgan fingerprint density at radius 2 is 1.92 bits per heavy atom. The van der Waals surface area contributed by atoms with Crippen LogP contribution in [0.2, 0.25) is 0 Å². The van der Waals surface area contributed by atoms with Gasteiger partial charge < -0.3 is 0 Å². The van der Waals surface area contributed by atoms with E-state index in [1.807, 2.05) is 5.38 Å². The minimum absolute atomic E-state index is 0.0238. The van der Waals surface area contributed by atoms with Crippen molar-refractivity contribution in [2.45, 2.75) is 43.5 Å². The van der Waals surface area contributed by atoms with Crippen molar-refractivity contribution < 1.29 is 12.8 Å². The Hall–Kier alpha value is -1.28. The van der Waals surface area contributed by atoms with E-state index in [0.29, 0.717) is 12.1 Å². The predicted molar refractivity (Wildman–Crippen MR) is 103 cm³/mol. The Kier molecular flexibility index (Phi) is 6.45. The summed E-state index contributed by atoms with van der Waals surface area (Å²) >= 11 is 1.62. The van der Waals surface area contributed by atoms with Gasteiger partial charge in [0.15, 0.2) is 0 Å². The van der Waals surface area contributed by atoms with Crippen LogP contribution >= 0.6 is 11.3 Å². The number of sulfonamides is 1. The van der Waals surface area contributed by atoms with Crippen molar-refractivity contribution in [2.24, 2.45) is 0 Å². The van der Waals surface area contributed by atoms with Crippen molar-refractivity contribution in [3.05, 3.63) is 52.0 Å². The highest BCUT2D eigenvalue weighted by molar-refractivity contribution is 7.89. The van der Waals surface area contributed by atoms with Crippen molar-refractivity contribution in [3.63, 3.8) is 0 Å². The molecule has 1 aromatic carbocycles. The summed E-state index contributed by atoms with van der Waals surface area (Å²) in [6, 6.07) is 5.99. The summed E-state index contributed by atoms with van der Waals surface area (Å²) in [5.41, 5.74) is 1.48. The summed E-state index contributed by atoms with van der Waals surface area (Å²) in [5, 5.41) is 4.11. The monoisotopic (exact) mass is 396 g/mol. The fourth-order valence-corrected chi connectivity index (χ4v) is 5.22. The molecule has 1 atom stereocenters. The molecule has 2 aromatic rings. The zero-order chi connectivity index (χ0) is 18.6. The molecule has 1 saturated heterocycles. The summed E-state index contributed by atoms with van der Waals surface area (Å²) in [7, 11) is -3.67. The number of rotatable bonds is 6. The van der Waals surface area contributed by atoms with E-state index in [9.17, 15) is 12.8 Å². The number of aryl methyl sites for hydroxylation is 1. The van der Waals surface area contributed by atoms with Crippen LogP contribution in [0.4, 0.5) is 4.39 Å². The molecule has 2 heterocycles. The Labute approximate surface area is 159 Å². The van der Waals surface area contributed by atoms with Crippen LogP contribution in [0.1, 0.15) is 42.9 Å². The fraction of sp³-hybridized carbons (Fsp3) is 0.474. The summed E-state index contributed by atoms with van der Waals surface area (Å²) in [5.74, 6) is -0.398. The summed E-state index contributed by atoms with van der Waals surface area (Å²) in [4.78, 5) is 2.49. The zero-order valence-corrected chi connectivity index (χ0v) is 16.6. The number of nitrogens with zero attached hydrogens (tertiary/aromatic N) is 1. The van der Waals surface area contributed by atoms with Crippen molar-refractivity contribution >= 4 is 21.4 Å². The standard InChI is InChI=1S/C19H25FN2O2S2/c1-15-12-17(6-7-18(15)20)26(23,24)21-13-19(16-8-11-25-14-16)22-9-4-2-3-5-10-22/h6-8,11-12,14,19,21H,2-5,9-10,13H2,1H3/t19-/m1/s1. The molecular weight excluding hydrogens is 371 g/mol. The zero-order valence-electron chi connectivity index (χ0n) is 14.9. The lowest BCUT2D eigenvalue weighted by atomic mass is 10.1. The maximum atomic E-state index is 13.4. The van der Waals surface area contributed by atoms with Gasteiger partial charge in [0.1, 0.15) is 5.82 Å². The first-order chi connectivity index (χ1) is 12.5. The Balaban J connectivity index is 1.77. The normalized spacial score (nSPS) is 17.8. The van der Waals surface area contributed by atoms with E-state index in [1.165, 1.54) is 31.0 Å². The molecule has 1 fully saturated rings. The SMILES string of the molecule is Cc1cc(S(=O)(=O)NC[C@H](c2ccsc2)N2CCCCCC2)ccc1F. The first-order valence-corrected chi connectivity index (χ1v) is 11.4. The molecule has 0 aliphatic carbocycles. The molecule has 0 spiro atoms. The smallest absolute Gasteiger partial charge is 0.240 e. The van der Waals surface area contributed by atoms with Gasteiger partial charge in [-0.1, -0.05) is 12.8 Å². The van der Waals surface area contributed by atoms with Gasteiger partial charge in [-0.25, -0.2) is 17.5 Å². The van der Waals surface area contributed by atoms with E-state index in [4.69, 9.17) is 0 Å². The van der Waals surface area contributed by atoms with E-state index >= 15 is 0 Å². The first kappa shape index (κ1) is 19.5. The van der Waals surface area contributed by atoms with Crippen LogP contribution in [0.25, 0.3) is 0 Å². The molecule has 0 bridgehead atoms. The van der Waals surface area contributed by atoms with E-state index in [2.05, 4.69) is 21.1 Å². The molecule has 1 aliphatic rings. The number of hydrogen-bond donors (Lipinski definition) is 1. The van der Waals surface area contributed by atoms with Gasteiger partial charge in [-0.3, -0.25) is 4.90 Å². The van der Waals surface area contributed by atoms with Crippen LogP contribution in [0.5, 0.6) is 0 Å². The molecule has 1 aromatic heterocycles. The number of nitrogens with one attached hydrogen (secondary N) is 1. The van der Waals surface area contributed by atoms with Gasteiger partial charge in [0.2, 0.25) is 10.0 Å². The Morgan fingerprint density at radius 3 is 2.54 bits per heavy atom. The third-order valence-corrected chi connectivity index (χ3v) is 7.04. The van der Waals surface area contributed by atoms with Gasteiger partial charge in [-0.2, -0.15) is 11.3 Å². The van der Waals surface area contributed by atoms with Gasteiger partial charge in [0.05, 0.1) is 4.90 Å². The average molecular weight is 397 g/mol. The van der Waals surface area contributed by atoms with Crippen LogP contribution in [0, 0.1) is 12.7 Å². The molecule has 0 saturated carbocycles. The van der Waals surface area contributed by atoms with Crippen LogP contribution in [0.15, 0.2) is 39.9 Å². The first-order valence-electron chi connectivity index (χ1n) is 8.99. The summed E-state index contributed by atoms with van der Waals surface area (Å²) in [6.45, 7) is 3.85. The van der Waals surface area contributed by atoms with Gasteiger partial charge in [0, 0.05) is 12.6 Å². The molecule has 0 radical (unpaired) electrons. The second-order valence-corrected chi connectivity index (χ2v) is 9.33. The Bertz CT molecular complexity index is 814. The van der Waals surface area contributed by atoms with Gasteiger partial charge >= 0.3 is 0 Å². The van der Waals surface area contributed by atoms with Crippen molar-refractivity contribution in [3.8, 4) is 0 Å². The minimum atomic E-state index is -3.67. The molecule has 4 nitrogen and oxygen atoms in total. The molecule has 7 heteroatoms. The molecule has 26 heavy (non-hydrogen) atoms. The number of likely N-dealkylation sites (tertiary alicyclic amines) is 1.